The van der Waals surface area contributed by atoms with Crippen molar-refractivity contribution in [3.63, 3.8) is 0 Å². The predicted octanol–water partition coefficient (Wildman–Crippen LogP) is 6.49. The second-order valence-electron chi connectivity index (χ2n) is 10.4. The van der Waals surface area contributed by atoms with Crippen molar-refractivity contribution in [2.24, 2.45) is 0 Å². The lowest BCUT2D eigenvalue weighted by Crippen LogP contribution is -2.50. The Morgan fingerprint density at radius 1 is 0.943 bits per heavy atom. The number of nitrogens with zero attached hydrogens (tertiary/aromatic N) is 1. The SMILES string of the molecule is Cc1ccc(CN2C(=O)/C(=C\c3ccc(C(=O)NC4CCCCC4)cc3)SC3CCCCC32)cc1. The molecule has 2 unspecified atom stereocenters. The number of amides is 2. The van der Waals surface area contributed by atoms with Gasteiger partial charge in [-0.05, 0) is 61.9 Å². The minimum Gasteiger partial charge on any atom is -0.349 e. The molecule has 4 nitrogen and oxygen atoms in total. The quantitative estimate of drug-likeness (QED) is 0.490. The van der Waals surface area contributed by atoms with Crippen LogP contribution in [0.25, 0.3) is 6.08 Å². The van der Waals surface area contributed by atoms with Gasteiger partial charge in [0.2, 0.25) is 0 Å². The Balaban J connectivity index is 1.31. The highest BCUT2D eigenvalue weighted by Gasteiger charge is 2.40. The summed E-state index contributed by atoms with van der Waals surface area (Å²) in [7, 11) is 0. The highest BCUT2D eigenvalue weighted by molar-refractivity contribution is 8.04. The Bertz CT molecular complexity index is 1070. The third-order valence-electron chi connectivity index (χ3n) is 7.70. The van der Waals surface area contributed by atoms with Gasteiger partial charge in [0, 0.05) is 29.4 Å². The van der Waals surface area contributed by atoms with E-state index in [4.69, 9.17) is 0 Å². The fourth-order valence-electron chi connectivity index (χ4n) is 5.65. The molecule has 0 spiro atoms. The molecule has 2 aliphatic carbocycles. The molecule has 5 rings (SSSR count). The second kappa shape index (κ2) is 11.0. The summed E-state index contributed by atoms with van der Waals surface area (Å²) in [6, 6.07) is 16.8. The summed E-state index contributed by atoms with van der Waals surface area (Å²) < 4.78 is 0. The molecule has 2 atom stereocenters. The van der Waals surface area contributed by atoms with E-state index in [-0.39, 0.29) is 11.8 Å². The summed E-state index contributed by atoms with van der Waals surface area (Å²) in [6.07, 6.45) is 12.5. The molecule has 1 N–H and O–H groups in total. The normalized spacial score (nSPS) is 24.3. The third-order valence-corrected chi connectivity index (χ3v) is 9.10. The van der Waals surface area contributed by atoms with Crippen molar-refractivity contribution < 1.29 is 9.59 Å². The van der Waals surface area contributed by atoms with E-state index in [2.05, 4.69) is 41.4 Å². The van der Waals surface area contributed by atoms with E-state index in [0.29, 0.717) is 29.4 Å². The van der Waals surface area contributed by atoms with Gasteiger partial charge in [0.15, 0.2) is 0 Å². The number of nitrogens with one attached hydrogen (secondary N) is 1. The number of hydrogen-bond acceptors (Lipinski definition) is 3. The van der Waals surface area contributed by atoms with Crippen molar-refractivity contribution in [1.82, 2.24) is 10.2 Å². The zero-order chi connectivity index (χ0) is 24.2. The van der Waals surface area contributed by atoms with Crippen LogP contribution in [-0.4, -0.2) is 34.0 Å². The van der Waals surface area contributed by atoms with Gasteiger partial charge in [-0.1, -0.05) is 74.1 Å². The first kappa shape index (κ1) is 24.2. The number of fused-ring (bicyclic) bond motifs is 1. The largest absolute Gasteiger partial charge is 0.349 e. The smallest absolute Gasteiger partial charge is 0.260 e. The lowest BCUT2D eigenvalue weighted by molar-refractivity contribution is -0.130. The standard InChI is InChI=1S/C30H36N2O2S/c1-21-11-13-23(14-12-21)20-32-26-9-5-6-10-27(26)35-28(30(32)34)19-22-15-17-24(18-16-22)29(33)31-25-7-3-2-4-8-25/h11-19,25-27H,2-10,20H2,1H3,(H,31,33)/b28-19+. The van der Waals surface area contributed by atoms with Crippen LogP contribution in [0, 0.1) is 6.92 Å². The number of carbonyl (C=O) groups is 2. The molecule has 5 heteroatoms. The maximum atomic E-state index is 13.6. The van der Waals surface area contributed by atoms with Crippen LogP contribution >= 0.6 is 11.8 Å². The van der Waals surface area contributed by atoms with Crippen LogP contribution in [0.1, 0.15) is 84.8 Å². The number of rotatable bonds is 5. The van der Waals surface area contributed by atoms with Crippen LogP contribution in [-0.2, 0) is 11.3 Å². The molecular weight excluding hydrogens is 452 g/mol. The maximum absolute atomic E-state index is 13.6. The van der Waals surface area contributed by atoms with Gasteiger partial charge in [-0.3, -0.25) is 9.59 Å². The lowest BCUT2D eigenvalue weighted by atomic mass is 9.92. The molecule has 35 heavy (non-hydrogen) atoms. The summed E-state index contributed by atoms with van der Waals surface area (Å²) in [5.74, 6) is 0.145. The number of carbonyl (C=O) groups excluding carboxylic acids is 2. The van der Waals surface area contributed by atoms with Crippen LogP contribution in [0.3, 0.4) is 0 Å². The van der Waals surface area contributed by atoms with Gasteiger partial charge < -0.3 is 10.2 Å². The Kier molecular flexibility index (Phi) is 7.62. The highest BCUT2D eigenvalue weighted by atomic mass is 32.2. The van der Waals surface area contributed by atoms with E-state index in [1.54, 1.807) is 11.8 Å². The molecule has 0 radical (unpaired) electrons. The van der Waals surface area contributed by atoms with E-state index in [9.17, 15) is 9.59 Å². The Labute approximate surface area is 213 Å². The van der Waals surface area contributed by atoms with Crippen molar-refractivity contribution >= 4 is 29.7 Å². The molecule has 1 heterocycles. The van der Waals surface area contributed by atoms with Crippen LogP contribution in [0.4, 0.5) is 0 Å². The van der Waals surface area contributed by atoms with Gasteiger partial charge in [-0.15, -0.1) is 11.8 Å². The molecule has 2 aromatic carbocycles. The van der Waals surface area contributed by atoms with E-state index >= 15 is 0 Å². The van der Waals surface area contributed by atoms with Crippen LogP contribution in [0.5, 0.6) is 0 Å². The molecule has 3 aliphatic rings. The summed E-state index contributed by atoms with van der Waals surface area (Å²) in [4.78, 5) is 29.2. The fraction of sp³-hybridized carbons (Fsp3) is 0.467. The summed E-state index contributed by atoms with van der Waals surface area (Å²) >= 11 is 1.76. The Morgan fingerprint density at radius 2 is 1.63 bits per heavy atom. The lowest BCUT2D eigenvalue weighted by Gasteiger charge is -2.44. The summed E-state index contributed by atoms with van der Waals surface area (Å²) in [6.45, 7) is 2.76. The van der Waals surface area contributed by atoms with Gasteiger partial charge >= 0.3 is 0 Å². The number of aryl methyl sites for hydroxylation is 1. The topological polar surface area (TPSA) is 49.4 Å². The molecular formula is C30H36N2O2S. The van der Waals surface area contributed by atoms with Crippen molar-refractivity contribution in [3.05, 3.63) is 75.7 Å². The first-order valence-electron chi connectivity index (χ1n) is 13.2. The van der Waals surface area contributed by atoms with Crippen molar-refractivity contribution in [3.8, 4) is 0 Å². The van der Waals surface area contributed by atoms with E-state index in [1.807, 2.05) is 30.3 Å². The predicted molar refractivity (Wildman–Crippen MR) is 144 cm³/mol. The van der Waals surface area contributed by atoms with E-state index < -0.39 is 0 Å². The molecule has 1 aliphatic heterocycles. The van der Waals surface area contributed by atoms with Crippen molar-refractivity contribution in [2.75, 3.05) is 0 Å². The number of benzene rings is 2. The molecule has 1 saturated heterocycles. The zero-order valence-electron chi connectivity index (χ0n) is 20.7. The Hall–Kier alpha value is -2.53. The first-order chi connectivity index (χ1) is 17.1. The average Bonchev–Trinajstić information content (AvgIpc) is 2.88. The highest BCUT2D eigenvalue weighted by Crippen LogP contribution is 2.42. The Morgan fingerprint density at radius 3 is 2.37 bits per heavy atom. The van der Waals surface area contributed by atoms with Gasteiger partial charge in [-0.25, -0.2) is 0 Å². The van der Waals surface area contributed by atoms with Crippen molar-refractivity contribution in [2.45, 2.75) is 88.6 Å². The van der Waals surface area contributed by atoms with Gasteiger partial charge in [0.1, 0.15) is 0 Å². The van der Waals surface area contributed by atoms with Gasteiger partial charge in [0.05, 0.1) is 4.91 Å². The molecule has 2 amide bonds. The monoisotopic (exact) mass is 488 g/mol. The maximum Gasteiger partial charge on any atom is 0.260 e. The van der Waals surface area contributed by atoms with Gasteiger partial charge in [0.25, 0.3) is 11.8 Å². The number of hydrogen-bond donors (Lipinski definition) is 1. The second-order valence-corrected chi connectivity index (χ2v) is 11.6. The van der Waals surface area contributed by atoms with E-state index in [1.165, 1.54) is 43.2 Å². The average molecular weight is 489 g/mol. The van der Waals surface area contributed by atoms with Crippen molar-refractivity contribution in [1.29, 1.82) is 0 Å². The summed E-state index contributed by atoms with van der Waals surface area (Å²) in [5, 5.41) is 3.64. The molecule has 3 fully saturated rings. The number of thioether (sulfide) groups is 1. The van der Waals surface area contributed by atoms with Crippen LogP contribution in [0.15, 0.2) is 53.4 Å². The molecule has 2 aromatic rings. The molecule has 0 bridgehead atoms. The molecule has 2 saturated carbocycles. The molecule has 0 aromatic heterocycles. The van der Waals surface area contributed by atoms with Gasteiger partial charge in [-0.2, -0.15) is 0 Å². The van der Waals surface area contributed by atoms with E-state index in [0.717, 1.165) is 36.2 Å². The first-order valence-corrected chi connectivity index (χ1v) is 14.1. The minimum absolute atomic E-state index is 0.00791. The third kappa shape index (κ3) is 5.83. The van der Waals surface area contributed by atoms with Crippen LogP contribution in [0.2, 0.25) is 0 Å². The van der Waals surface area contributed by atoms with Crippen LogP contribution < -0.4 is 5.32 Å². The fourth-order valence-corrected chi connectivity index (χ4v) is 7.12. The summed E-state index contributed by atoms with van der Waals surface area (Å²) in [5.41, 5.74) is 4.09. The minimum atomic E-state index is 0.00791. The molecule has 184 valence electrons. The zero-order valence-corrected chi connectivity index (χ0v) is 21.5.